The Morgan fingerprint density at radius 1 is 1.53 bits per heavy atom. The third-order valence-corrected chi connectivity index (χ3v) is 1.88. The highest BCUT2D eigenvalue weighted by atomic mass is 16.5. The van der Waals surface area contributed by atoms with E-state index in [0.717, 1.165) is 11.3 Å². The predicted molar refractivity (Wildman–Crippen MR) is 56.7 cm³/mol. The van der Waals surface area contributed by atoms with E-state index < -0.39 is 6.10 Å². The molecule has 0 heterocycles. The lowest BCUT2D eigenvalue weighted by molar-refractivity contribution is 0.114. The van der Waals surface area contributed by atoms with E-state index in [2.05, 4.69) is 10.0 Å². The van der Waals surface area contributed by atoms with Crippen molar-refractivity contribution in [1.82, 2.24) is 0 Å². The first-order chi connectivity index (χ1) is 7.24. The number of benzene rings is 1. The number of azide groups is 1. The Bertz CT molecular complexity index is 361. The number of aryl methyl sites for hydroxylation is 1. The molecule has 0 amide bonds. The molecular formula is C10H13N3O2. The molecular weight excluding hydrogens is 194 g/mol. The van der Waals surface area contributed by atoms with Crippen LogP contribution in [0.3, 0.4) is 0 Å². The zero-order valence-corrected chi connectivity index (χ0v) is 8.50. The van der Waals surface area contributed by atoms with Gasteiger partial charge in [-0.3, -0.25) is 0 Å². The predicted octanol–water partition coefficient (Wildman–Crippen LogP) is 2.05. The summed E-state index contributed by atoms with van der Waals surface area (Å²) in [4.78, 5) is 2.56. The average molecular weight is 207 g/mol. The van der Waals surface area contributed by atoms with Gasteiger partial charge < -0.3 is 9.84 Å². The van der Waals surface area contributed by atoms with Gasteiger partial charge in [0.2, 0.25) is 0 Å². The number of hydrogen-bond acceptors (Lipinski definition) is 3. The van der Waals surface area contributed by atoms with Gasteiger partial charge in [-0.25, -0.2) is 0 Å². The monoisotopic (exact) mass is 207 g/mol. The minimum atomic E-state index is -0.763. The molecule has 1 aromatic carbocycles. The second-order valence-electron chi connectivity index (χ2n) is 3.14. The van der Waals surface area contributed by atoms with Crippen LogP contribution in [-0.2, 0) is 0 Å². The highest BCUT2D eigenvalue weighted by Gasteiger charge is 2.04. The molecule has 0 saturated carbocycles. The van der Waals surface area contributed by atoms with E-state index in [4.69, 9.17) is 10.3 Å². The average Bonchev–Trinajstić information content (AvgIpc) is 2.25. The summed E-state index contributed by atoms with van der Waals surface area (Å²) in [6.07, 6.45) is -0.763. The lowest BCUT2D eigenvalue weighted by atomic mass is 10.2. The third kappa shape index (κ3) is 3.89. The van der Waals surface area contributed by atoms with Crippen LogP contribution in [0.15, 0.2) is 29.4 Å². The highest BCUT2D eigenvalue weighted by molar-refractivity contribution is 5.31. The van der Waals surface area contributed by atoms with Crippen LogP contribution in [0.1, 0.15) is 5.56 Å². The minimum Gasteiger partial charge on any atom is -0.491 e. The molecule has 5 heteroatoms. The van der Waals surface area contributed by atoms with E-state index in [1.165, 1.54) is 0 Å². The van der Waals surface area contributed by atoms with Crippen molar-refractivity contribution >= 4 is 0 Å². The van der Waals surface area contributed by atoms with Gasteiger partial charge in [0.1, 0.15) is 12.4 Å². The molecule has 1 unspecified atom stereocenters. The molecule has 0 aliphatic carbocycles. The van der Waals surface area contributed by atoms with Gasteiger partial charge in [0.25, 0.3) is 0 Å². The van der Waals surface area contributed by atoms with E-state index in [1.807, 2.05) is 31.2 Å². The van der Waals surface area contributed by atoms with Gasteiger partial charge in [-0.15, -0.1) is 0 Å². The topological polar surface area (TPSA) is 78.2 Å². The van der Waals surface area contributed by atoms with Crippen LogP contribution >= 0.6 is 0 Å². The van der Waals surface area contributed by atoms with E-state index in [-0.39, 0.29) is 13.2 Å². The molecule has 0 aromatic heterocycles. The fraction of sp³-hybridized carbons (Fsp3) is 0.400. The summed E-state index contributed by atoms with van der Waals surface area (Å²) in [7, 11) is 0. The summed E-state index contributed by atoms with van der Waals surface area (Å²) in [5.41, 5.74) is 9.06. The van der Waals surface area contributed by atoms with E-state index >= 15 is 0 Å². The van der Waals surface area contributed by atoms with E-state index in [1.54, 1.807) is 0 Å². The van der Waals surface area contributed by atoms with Crippen LogP contribution < -0.4 is 4.74 Å². The largest absolute Gasteiger partial charge is 0.491 e. The fourth-order valence-electron chi connectivity index (χ4n) is 1.09. The number of aliphatic hydroxyl groups is 1. The maximum Gasteiger partial charge on any atom is 0.122 e. The highest BCUT2D eigenvalue weighted by Crippen LogP contribution is 2.16. The number of nitrogens with zero attached hydrogens (tertiary/aromatic N) is 3. The van der Waals surface area contributed by atoms with Crippen LogP contribution in [0.2, 0.25) is 0 Å². The van der Waals surface area contributed by atoms with Crippen molar-refractivity contribution in [2.75, 3.05) is 13.2 Å². The second-order valence-corrected chi connectivity index (χ2v) is 3.14. The first kappa shape index (κ1) is 11.4. The van der Waals surface area contributed by atoms with Gasteiger partial charge in [-0.05, 0) is 24.1 Å². The molecule has 1 atom stereocenters. The second kappa shape index (κ2) is 5.90. The Balaban J connectivity index is 2.43. The molecule has 0 bridgehead atoms. The van der Waals surface area contributed by atoms with Crippen LogP contribution in [-0.4, -0.2) is 24.4 Å². The van der Waals surface area contributed by atoms with E-state index in [0.29, 0.717) is 0 Å². The van der Waals surface area contributed by atoms with Gasteiger partial charge >= 0.3 is 0 Å². The first-order valence-corrected chi connectivity index (χ1v) is 4.61. The normalized spacial score (nSPS) is 11.6. The summed E-state index contributed by atoms with van der Waals surface area (Å²) < 4.78 is 5.36. The lowest BCUT2D eigenvalue weighted by Crippen LogP contribution is -2.20. The first-order valence-electron chi connectivity index (χ1n) is 4.61. The molecule has 0 aliphatic heterocycles. The molecule has 1 rings (SSSR count). The summed E-state index contributed by atoms with van der Waals surface area (Å²) in [5.74, 6) is 0.734. The number of hydrogen-bond donors (Lipinski definition) is 1. The molecule has 0 saturated heterocycles. The molecule has 0 spiro atoms. The van der Waals surface area contributed by atoms with Gasteiger partial charge in [0, 0.05) is 4.91 Å². The summed E-state index contributed by atoms with van der Waals surface area (Å²) >= 11 is 0. The Hall–Kier alpha value is -1.71. The summed E-state index contributed by atoms with van der Waals surface area (Å²) in [6, 6.07) is 7.53. The van der Waals surface area contributed by atoms with Crippen molar-refractivity contribution in [3.63, 3.8) is 0 Å². The van der Waals surface area contributed by atoms with Crippen LogP contribution in [0.25, 0.3) is 10.4 Å². The SMILES string of the molecule is Cc1ccccc1OCC(O)CN=[N+]=[N-]. The maximum absolute atomic E-state index is 9.34. The van der Waals surface area contributed by atoms with Crippen molar-refractivity contribution in [2.45, 2.75) is 13.0 Å². The Morgan fingerprint density at radius 3 is 2.93 bits per heavy atom. The third-order valence-electron chi connectivity index (χ3n) is 1.88. The quantitative estimate of drug-likeness (QED) is 0.455. The van der Waals surface area contributed by atoms with Crippen LogP contribution in [0.5, 0.6) is 5.75 Å². The zero-order valence-electron chi connectivity index (χ0n) is 8.50. The van der Waals surface area contributed by atoms with Crippen LogP contribution in [0, 0.1) is 6.92 Å². The molecule has 15 heavy (non-hydrogen) atoms. The van der Waals surface area contributed by atoms with Gasteiger partial charge in [0.05, 0.1) is 12.6 Å². The van der Waals surface area contributed by atoms with Gasteiger partial charge in [-0.2, -0.15) is 0 Å². The standard InChI is InChI=1S/C10H13N3O2/c1-8-4-2-3-5-10(8)15-7-9(14)6-12-13-11/h2-5,9,14H,6-7H2,1H3. The lowest BCUT2D eigenvalue weighted by Gasteiger charge is -2.11. The van der Waals surface area contributed by atoms with Crippen molar-refractivity contribution < 1.29 is 9.84 Å². The number of ether oxygens (including phenoxy) is 1. The van der Waals surface area contributed by atoms with Crippen molar-refractivity contribution in [2.24, 2.45) is 5.11 Å². The van der Waals surface area contributed by atoms with Crippen molar-refractivity contribution in [1.29, 1.82) is 0 Å². The van der Waals surface area contributed by atoms with Gasteiger partial charge in [0.15, 0.2) is 0 Å². The fourth-order valence-corrected chi connectivity index (χ4v) is 1.09. The number of rotatable bonds is 5. The number of aliphatic hydroxyl groups excluding tert-OH is 1. The number of para-hydroxylation sites is 1. The van der Waals surface area contributed by atoms with Crippen LogP contribution in [0.4, 0.5) is 0 Å². The molecule has 0 fully saturated rings. The minimum absolute atomic E-state index is 0.0301. The molecule has 0 radical (unpaired) electrons. The Morgan fingerprint density at radius 2 is 2.27 bits per heavy atom. The molecule has 80 valence electrons. The Labute approximate surface area is 87.9 Å². The molecule has 0 aliphatic rings. The zero-order chi connectivity index (χ0) is 11.1. The van der Waals surface area contributed by atoms with Gasteiger partial charge in [-0.1, -0.05) is 23.3 Å². The van der Waals surface area contributed by atoms with Crippen molar-refractivity contribution in [3.8, 4) is 5.75 Å². The molecule has 1 N–H and O–H groups in total. The van der Waals surface area contributed by atoms with E-state index in [9.17, 15) is 5.11 Å². The summed E-state index contributed by atoms with van der Waals surface area (Å²) in [5, 5.41) is 12.6. The Kier molecular flexibility index (Phi) is 4.47. The smallest absolute Gasteiger partial charge is 0.122 e. The molecule has 5 nitrogen and oxygen atoms in total. The van der Waals surface area contributed by atoms with Crippen molar-refractivity contribution in [3.05, 3.63) is 40.3 Å². The summed E-state index contributed by atoms with van der Waals surface area (Å²) in [6.45, 7) is 2.08. The maximum atomic E-state index is 9.34. The molecule has 1 aromatic rings.